The Kier molecular flexibility index (Phi) is 6.78. The van der Waals surface area contributed by atoms with Crippen molar-refractivity contribution in [3.05, 3.63) is 52.4 Å². The van der Waals surface area contributed by atoms with Gasteiger partial charge in [-0.2, -0.15) is 0 Å². The summed E-state index contributed by atoms with van der Waals surface area (Å²) < 4.78 is 9.70. The van der Waals surface area contributed by atoms with Crippen LogP contribution in [0, 0.1) is 4.91 Å². The van der Waals surface area contributed by atoms with Gasteiger partial charge in [-0.1, -0.05) is 25.1 Å². The molecule has 1 heterocycles. The molecular formula is C18H20N4O4. The summed E-state index contributed by atoms with van der Waals surface area (Å²) in [4.78, 5) is 16.2. The van der Waals surface area contributed by atoms with E-state index >= 15 is 0 Å². The summed E-state index contributed by atoms with van der Waals surface area (Å²) in [5, 5.41) is 14.5. The Balaban J connectivity index is 0.00000117. The molecule has 0 fully saturated rings. The van der Waals surface area contributed by atoms with Crippen LogP contribution in [0.4, 0.5) is 5.69 Å². The molecule has 0 amide bonds. The molecule has 26 heavy (non-hydrogen) atoms. The second-order valence-electron chi connectivity index (χ2n) is 5.02. The van der Waals surface area contributed by atoms with Gasteiger partial charge >= 0.3 is 0 Å². The van der Waals surface area contributed by atoms with Crippen molar-refractivity contribution in [3.8, 4) is 5.75 Å². The maximum Gasteiger partial charge on any atom is 0.150 e. The Bertz CT molecular complexity index is 905. The molecule has 0 spiro atoms. The number of oxime groups is 1. The Morgan fingerprint density at radius 1 is 1.12 bits per heavy atom. The first-order valence-electron chi connectivity index (χ1n) is 8.11. The Morgan fingerprint density at radius 3 is 2.62 bits per heavy atom. The van der Waals surface area contributed by atoms with E-state index < -0.39 is 0 Å². The van der Waals surface area contributed by atoms with E-state index in [0.717, 1.165) is 11.1 Å². The van der Waals surface area contributed by atoms with Gasteiger partial charge in [-0.3, -0.25) is 0 Å². The minimum absolute atomic E-state index is 0.216. The molecule has 0 N–H and O–H groups in total. The number of benzene rings is 2. The van der Waals surface area contributed by atoms with E-state index in [1.54, 1.807) is 31.2 Å². The van der Waals surface area contributed by atoms with Crippen LogP contribution in [-0.2, 0) is 11.4 Å². The van der Waals surface area contributed by atoms with E-state index in [1.165, 1.54) is 7.11 Å². The van der Waals surface area contributed by atoms with Gasteiger partial charge in [0.1, 0.15) is 23.4 Å². The highest BCUT2D eigenvalue weighted by Gasteiger charge is 2.07. The average molecular weight is 356 g/mol. The molecule has 8 nitrogen and oxygen atoms in total. The maximum absolute atomic E-state index is 10.8. The van der Waals surface area contributed by atoms with E-state index in [1.807, 2.05) is 26.0 Å². The topological polar surface area (TPSA) is 99.2 Å². The monoisotopic (exact) mass is 356 g/mol. The summed E-state index contributed by atoms with van der Waals surface area (Å²) in [6.45, 7) is 6.05. The van der Waals surface area contributed by atoms with Gasteiger partial charge in [-0.25, -0.2) is 4.63 Å². The standard InChI is InChI=1S/C16H14N4O4.C2H6/c1-10(12-4-6-16(22-2)15(8-12)17-21)18-23-9-11-3-5-13-14(7-11)20-24-19-13;1-2/h3-8H,9H2,1-2H3;1-2H3/b18-10+;. The quantitative estimate of drug-likeness (QED) is 0.364. The van der Waals surface area contributed by atoms with Crippen molar-refractivity contribution < 1.29 is 14.2 Å². The van der Waals surface area contributed by atoms with Gasteiger partial charge in [0.25, 0.3) is 0 Å². The molecule has 0 radical (unpaired) electrons. The average Bonchev–Trinajstić information content (AvgIpc) is 3.16. The number of fused-ring (bicyclic) bond motifs is 1. The second-order valence-corrected chi connectivity index (χ2v) is 5.02. The fourth-order valence-electron chi connectivity index (χ4n) is 2.16. The van der Waals surface area contributed by atoms with Crippen molar-refractivity contribution in [1.29, 1.82) is 0 Å². The van der Waals surface area contributed by atoms with Crippen molar-refractivity contribution in [1.82, 2.24) is 10.3 Å². The molecule has 0 bridgehead atoms. The molecular weight excluding hydrogens is 336 g/mol. The minimum Gasteiger partial charge on any atom is -0.494 e. The molecule has 0 saturated carbocycles. The largest absolute Gasteiger partial charge is 0.494 e. The van der Waals surface area contributed by atoms with Crippen LogP contribution in [0.2, 0.25) is 0 Å². The Hall–Kier alpha value is -3.29. The molecule has 0 unspecified atom stereocenters. The van der Waals surface area contributed by atoms with Crippen LogP contribution in [-0.4, -0.2) is 23.1 Å². The zero-order chi connectivity index (χ0) is 18.9. The van der Waals surface area contributed by atoms with Gasteiger partial charge in [0.15, 0.2) is 5.69 Å². The fraction of sp³-hybridized carbons (Fsp3) is 0.278. The SMILES string of the molecule is CC.COc1ccc(/C(C)=N/OCc2ccc3nonc3c2)cc1N=O. The molecule has 2 aromatic carbocycles. The maximum atomic E-state index is 10.8. The summed E-state index contributed by atoms with van der Waals surface area (Å²) in [5.74, 6) is 0.414. The van der Waals surface area contributed by atoms with E-state index in [4.69, 9.17) is 9.57 Å². The summed E-state index contributed by atoms with van der Waals surface area (Å²) in [6, 6.07) is 10.5. The van der Waals surface area contributed by atoms with Crippen molar-refractivity contribution in [3.63, 3.8) is 0 Å². The van der Waals surface area contributed by atoms with Gasteiger partial charge in [0, 0.05) is 5.56 Å². The molecule has 3 aromatic rings. The molecule has 136 valence electrons. The predicted octanol–water partition coefficient (Wildman–Crippen LogP) is 4.60. The third kappa shape index (κ3) is 4.41. The molecule has 0 aliphatic carbocycles. The second kappa shape index (κ2) is 9.26. The van der Waals surface area contributed by atoms with Crippen molar-refractivity contribution in [2.45, 2.75) is 27.4 Å². The van der Waals surface area contributed by atoms with Gasteiger partial charge in [0.2, 0.25) is 0 Å². The third-order valence-corrected chi connectivity index (χ3v) is 3.45. The van der Waals surface area contributed by atoms with Gasteiger partial charge in [0.05, 0.1) is 12.8 Å². The van der Waals surface area contributed by atoms with E-state index in [2.05, 4.69) is 25.3 Å². The van der Waals surface area contributed by atoms with Crippen LogP contribution in [0.1, 0.15) is 31.9 Å². The summed E-state index contributed by atoms with van der Waals surface area (Å²) in [7, 11) is 1.48. The highest BCUT2D eigenvalue weighted by Crippen LogP contribution is 2.28. The molecule has 0 atom stereocenters. The molecule has 0 saturated heterocycles. The van der Waals surface area contributed by atoms with E-state index in [-0.39, 0.29) is 12.3 Å². The molecule has 8 heteroatoms. The van der Waals surface area contributed by atoms with Crippen LogP contribution in [0.3, 0.4) is 0 Å². The summed E-state index contributed by atoms with van der Waals surface area (Å²) in [6.07, 6.45) is 0. The zero-order valence-electron chi connectivity index (χ0n) is 15.1. The first-order chi connectivity index (χ1) is 12.7. The smallest absolute Gasteiger partial charge is 0.150 e. The normalized spacial score (nSPS) is 10.8. The number of nitroso groups, excluding NO2 is 1. The Labute approximate surface area is 150 Å². The van der Waals surface area contributed by atoms with Crippen LogP contribution >= 0.6 is 0 Å². The first kappa shape index (κ1) is 19.0. The van der Waals surface area contributed by atoms with Crippen LogP contribution in [0.15, 0.2) is 51.4 Å². The van der Waals surface area contributed by atoms with Gasteiger partial charge in [-0.05, 0) is 58.3 Å². The number of hydrogen-bond donors (Lipinski definition) is 0. The van der Waals surface area contributed by atoms with Gasteiger partial charge < -0.3 is 9.57 Å². The summed E-state index contributed by atoms with van der Waals surface area (Å²) in [5.41, 5.74) is 3.79. The van der Waals surface area contributed by atoms with Crippen LogP contribution < -0.4 is 4.74 Å². The molecule has 1 aromatic heterocycles. The number of rotatable bonds is 6. The van der Waals surface area contributed by atoms with E-state index in [9.17, 15) is 4.91 Å². The zero-order valence-corrected chi connectivity index (χ0v) is 15.1. The van der Waals surface area contributed by atoms with Crippen molar-refractivity contribution in [2.75, 3.05) is 7.11 Å². The van der Waals surface area contributed by atoms with Gasteiger partial charge in [-0.15, -0.1) is 4.91 Å². The minimum atomic E-state index is 0.216. The lowest BCUT2D eigenvalue weighted by atomic mass is 10.1. The lowest BCUT2D eigenvalue weighted by Gasteiger charge is -2.06. The number of hydrogen-bond acceptors (Lipinski definition) is 8. The first-order valence-corrected chi connectivity index (χ1v) is 8.11. The molecule has 0 aliphatic heterocycles. The van der Waals surface area contributed by atoms with Crippen molar-refractivity contribution >= 4 is 22.4 Å². The number of ether oxygens (including phenoxy) is 1. The highest BCUT2D eigenvalue weighted by molar-refractivity contribution is 5.99. The van der Waals surface area contributed by atoms with Crippen LogP contribution in [0.25, 0.3) is 11.0 Å². The number of methoxy groups -OCH3 is 1. The fourth-order valence-corrected chi connectivity index (χ4v) is 2.16. The summed E-state index contributed by atoms with van der Waals surface area (Å²) >= 11 is 0. The number of nitrogens with zero attached hydrogens (tertiary/aromatic N) is 4. The third-order valence-electron chi connectivity index (χ3n) is 3.45. The molecule has 0 aliphatic rings. The number of aromatic nitrogens is 2. The highest BCUT2D eigenvalue weighted by atomic mass is 16.6. The van der Waals surface area contributed by atoms with Crippen molar-refractivity contribution in [2.24, 2.45) is 10.3 Å². The predicted molar refractivity (Wildman–Crippen MR) is 98.6 cm³/mol. The van der Waals surface area contributed by atoms with Crippen LogP contribution in [0.5, 0.6) is 5.75 Å². The Morgan fingerprint density at radius 2 is 1.88 bits per heavy atom. The lowest BCUT2D eigenvalue weighted by Crippen LogP contribution is -1.97. The lowest BCUT2D eigenvalue weighted by molar-refractivity contribution is 0.130. The molecule has 3 rings (SSSR count). The van der Waals surface area contributed by atoms with E-state index in [0.29, 0.717) is 22.5 Å².